The van der Waals surface area contributed by atoms with Crippen LogP contribution in [-0.4, -0.2) is 38.6 Å². The van der Waals surface area contributed by atoms with Gasteiger partial charge in [0.15, 0.2) is 11.0 Å². The standard InChI is InChI=1S/C24H22N4O3S/c1-31-21-14-8-6-12-19(21)25-22(30)16-32-24-27-26-23(18-11-5-7-13-20(18)29)28(24)15-17-9-3-2-4-10-17/h2-14,29H,15-16H2,1H3,(H,25,30). The number of amides is 1. The van der Waals surface area contributed by atoms with Crippen molar-refractivity contribution in [2.75, 3.05) is 18.2 Å². The molecular formula is C24H22N4O3S. The Morgan fingerprint density at radius 1 is 1.00 bits per heavy atom. The second-order valence-electron chi connectivity index (χ2n) is 6.93. The lowest BCUT2D eigenvalue weighted by atomic mass is 10.1. The second-order valence-corrected chi connectivity index (χ2v) is 7.87. The molecule has 32 heavy (non-hydrogen) atoms. The molecule has 3 aromatic carbocycles. The van der Waals surface area contributed by atoms with E-state index in [4.69, 9.17) is 4.74 Å². The van der Waals surface area contributed by atoms with Crippen molar-refractivity contribution in [2.24, 2.45) is 0 Å². The first kappa shape index (κ1) is 21.5. The van der Waals surface area contributed by atoms with Crippen LogP contribution in [0.1, 0.15) is 5.56 Å². The van der Waals surface area contributed by atoms with Gasteiger partial charge >= 0.3 is 0 Å². The number of benzene rings is 3. The molecule has 0 unspecified atom stereocenters. The van der Waals surface area contributed by atoms with E-state index >= 15 is 0 Å². The Morgan fingerprint density at radius 2 is 1.72 bits per heavy atom. The van der Waals surface area contributed by atoms with Gasteiger partial charge in [0.2, 0.25) is 5.91 Å². The number of phenolic OH excluding ortho intramolecular Hbond substituents is 1. The van der Waals surface area contributed by atoms with Crippen molar-refractivity contribution in [2.45, 2.75) is 11.7 Å². The van der Waals surface area contributed by atoms with Crippen LogP contribution in [0.15, 0.2) is 84.0 Å². The predicted molar refractivity (Wildman–Crippen MR) is 125 cm³/mol. The normalized spacial score (nSPS) is 10.7. The summed E-state index contributed by atoms with van der Waals surface area (Å²) >= 11 is 1.28. The summed E-state index contributed by atoms with van der Waals surface area (Å²) < 4.78 is 7.19. The maximum Gasteiger partial charge on any atom is 0.234 e. The van der Waals surface area contributed by atoms with Gasteiger partial charge in [-0.1, -0.05) is 66.4 Å². The zero-order chi connectivity index (χ0) is 22.3. The number of ether oxygens (including phenoxy) is 1. The van der Waals surface area contributed by atoms with Crippen LogP contribution in [0.25, 0.3) is 11.4 Å². The number of thioether (sulfide) groups is 1. The molecule has 0 aliphatic heterocycles. The molecule has 1 amide bonds. The number of anilines is 1. The Bertz CT molecular complexity index is 1210. The van der Waals surface area contributed by atoms with E-state index in [1.807, 2.05) is 53.1 Å². The summed E-state index contributed by atoms with van der Waals surface area (Å²) in [5.74, 6) is 1.23. The first-order valence-corrected chi connectivity index (χ1v) is 11.0. The molecule has 1 heterocycles. The average Bonchev–Trinajstić information content (AvgIpc) is 3.21. The van der Waals surface area contributed by atoms with Crippen LogP contribution >= 0.6 is 11.8 Å². The highest BCUT2D eigenvalue weighted by atomic mass is 32.2. The van der Waals surface area contributed by atoms with Crippen molar-refractivity contribution in [1.82, 2.24) is 14.8 Å². The molecule has 4 rings (SSSR count). The summed E-state index contributed by atoms with van der Waals surface area (Å²) in [6.45, 7) is 0.508. The van der Waals surface area contributed by atoms with E-state index in [0.717, 1.165) is 5.56 Å². The number of para-hydroxylation sites is 3. The maximum atomic E-state index is 12.6. The van der Waals surface area contributed by atoms with Gasteiger partial charge in [-0.25, -0.2) is 0 Å². The second kappa shape index (κ2) is 10.0. The summed E-state index contributed by atoms with van der Waals surface area (Å²) in [5.41, 5.74) is 2.26. The number of carbonyl (C=O) groups is 1. The van der Waals surface area contributed by atoms with Crippen molar-refractivity contribution in [3.05, 3.63) is 84.4 Å². The van der Waals surface area contributed by atoms with Gasteiger partial charge in [0.1, 0.15) is 11.5 Å². The van der Waals surface area contributed by atoms with Crippen LogP contribution in [0.2, 0.25) is 0 Å². The summed E-state index contributed by atoms with van der Waals surface area (Å²) in [6, 6.07) is 24.2. The molecule has 0 atom stereocenters. The van der Waals surface area contributed by atoms with Crippen molar-refractivity contribution in [3.63, 3.8) is 0 Å². The van der Waals surface area contributed by atoms with Crippen LogP contribution < -0.4 is 10.1 Å². The molecule has 0 bridgehead atoms. The Labute approximate surface area is 190 Å². The lowest BCUT2D eigenvalue weighted by Crippen LogP contribution is -2.15. The Kier molecular flexibility index (Phi) is 6.72. The Hall–Kier alpha value is -3.78. The Morgan fingerprint density at radius 3 is 2.50 bits per heavy atom. The minimum atomic E-state index is -0.183. The van der Waals surface area contributed by atoms with Crippen molar-refractivity contribution < 1.29 is 14.6 Å². The summed E-state index contributed by atoms with van der Waals surface area (Å²) in [6.07, 6.45) is 0. The van der Waals surface area contributed by atoms with Crippen LogP contribution in [0, 0.1) is 0 Å². The van der Waals surface area contributed by atoms with Gasteiger partial charge in [0.05, 0.1) is 30.7 Å². The van der Waals surface area contributed by atoms with E-state index < -0.39 is 0 Å². The number of aromatic hydroxyl groups is 1. The molecule has 0 radical (unpaired) electrons. The third-order valence-electron chi connectivity index (χ3n) is 4.76. The molecule has 162 valence electrons. The average molecular weight is 447 g/mol. The van der Waals surface area contributed by atoms with Gasteiger partial charge < -0.3 is 15.2 Å². The minimum Gasteiger partial charge on any atom is -0.507 e. The molecule has 0 saturated heterocycles. The smallest absolute Gasteiger partial charge is 0.234 e. The third-order valence-corrected chi connectivity index (χ3v) is 5.73. The third kappa shape index (κ3) is 4.92. The first-order valence-electron chi connectivity index (χ1n) is 9.97. The number of nitrogens with zero attached hydrogens (tertiary/aromatic N) is 3. The minimum absolute atomic E-state index is 0.125. The highest BCUT2D eigenvalue weighted by Gasteiger charge is 2.18. The largest absolute Gasteiger partial charge is 0.507 e. The highest BCUT2D eigenvalue weighted by molar-refractivity contribution is 7.99. The topological polar surface area (TPSA) is 89.3 Å². The van der Waals surface area contributed by atoms with Gasteiger partial charge in [-0.05, 0) is 29.8 Å². The van der Waals surface area contributed by atoms with E-state index in [1.165, 1.54) is 11.8 Å². The summed E-state index contributed by atoms with van der Waals surface area (Å²) in [5, 5.41) is 22.4. The number of hydrogen-bond donors (Lipinski definition) is 2. The van der Waals surface area contributed by atoms with E-state index in [2.05, 4.69) is 15.5 Å². The molecule has 7 nitrogen and oxygen atoms in total. The number of methoxy groups -OCH3 is 1. The lowest BCUT2D eigenvalue weighted by molar-refractivity contribution is -0.113. The fraction of sp³-hybridized carbons (Fsp3) is 0.125. The molecule has 0 fully saturated rings. The molecule has 8 heteroatoms. The van der Waals surface area contributed by atoms with Crippen molar-refractivity contribution in [1.29, 1.82) is 0 Å². The van der Waals surface area contributed by atoms with Crippen LogP contribution in [-0.2, 0) is 11.3 Å². The molecule has 0 spiro atoms. The quantitative estimate of drug-likeness (QED) is 0.389. The number of nitrogens with one attached hydrogen (secondary N) is 1. The zero-order valence-corrected chi connectivity index (χ0v) is 18.2. The lowest BCUT2D eigenvalue weighted by Gasteiger charge is -2.12. The molecule has 4 aromatic rings. The SMILES string of the molecule is COc1ccccc1NC(=O)CSc1nnc(-c2ccccc2O)n1Cc1ccccc1. The van der Waals surface area contributed by atoms with Crippen molar-refractivity contribution >= 4 is 23.4 Å². The van der Waals surface area contributed by atoms with E-state index in [9.17, 15) is 9.90 Å². The van der Waals surface area contributed by atoms with Crippen LogP contribution in [0.3, 0.4) is 0 Å². The highest BCUT2D eigenvalue weighted by Crippen LogP contribution is 2.31. The fourth-order valence-corrected chi connectivity index (χ4v) is 3.97. The monoisotopic (exact) mass is 446 g/mol. The van der Waals surface area contributed by atoms with Gasteiger partial charge in [0, 0.05) is 0 Å². The number of phenols is 1. The van der Waals surface area contributed by atoms with Crippen LogP contribution in [0.5, 0.6) is 11.5 Å². The van der Waals surface area contributed by atoms with Gasteiger partial charge in [0.25, 0.3) is 0 Å². The predicted octanol–water partition coefficient (Wildman–Crippen LogP) is 4.44. The van der Waals surface area contributed by atoms with Gasteiger partial charge in [-0.2, -0.15) is 0 Å². The number of aromatic nitrogens is 3. The molecule has 0 saturated carbocycles. The van der Waals surface area contributed by atoms with Gasteiger partial charge in [-0.15, -0.1) is 10.2 Å². The van der Waals surface area contributed by atoms with E-state index in [0.29, 0.717) is 34.5 Å². The maximum absolute atomic E-state index is 12.6. The number of carbonyl (C=O) groups excluding carboxylic acids is 1. The number of hydrogen-bond acceptors (Lipinski definition) is 6. The molecule has 0 aliphatic carbocycles. The van der Waals surface area contributed by atoms with Crippen molar-refractivity contribution in [3.8, 4) is 22.9 Å². The summed E-state index contributed by atoms with van der Waals surface area (Å²) in [7, 11) is 1.56. The fourth-order valence-electron chi connectivity index (χ4n) is 3.23. The Balaban J connectivity index is 1.56. The molecular weight excluding hydrogens is 424 g/mol. The van der Waals surface area contributed by atoms with Gasteiger partial charge in [-0.3, -0.25) is 9.36 Å². The molecule has 1 aromatic heterocycles. The van der Waals surface area contributed by atoms with Crippen LogP contribution in [0.4, 0.5) is 5.69 Å². The molecule has 2 N–H and O–H groups in total. The van der Waals surface area contributed by atoms with E-state index in [-0.39, 0.29) is 17.4 Å². The summed E-state index contributed by atoms with van der Waals surface area (Å²) in [4.78, 5) is 12.6. The number of rotatable bonds is 8. The first-order chi connectivity index (χ1) is 15.7. The van der Waals surface area contributed by atoms with E-state index in [1.54, 1.807) is 37.4 Å². The zero-order valence-electron chi connectivity index (χ0n) is 17.4. The molecule has 0 aliphatic rings.